The number of amides is 1. The van der Waals surface area contributed by atoms with Crippen molar-refractivity contribution < 1.29 is 9.18 Å². The predicted molar refractivity (Wildman–Crippen MR) is 99.0 cm³/mol. The standard InChI is InChI=1S/C20H21FN4O/c1-14(26)24-16-9-7-15(8-10-16)13-23-19(20-22-11-12-25(20)2)17-5-3-4-6-18(17)21/h3-12,19,23H,13H2,1-2H3,(H,24,26)/t19-/m1/s1. The molecule has 0 bridgehead atoms. The third kappa shape index (κ3) is 4.15. The smallest absolute Gasteiger partial charge is 0.221 e. The van der Waals surface area contributed by atoms with Crippen molar-refractivity contribution in [2.24, 2.45) is 7.05 Å². The highest BCUT2D eigenvalue weighted by molar-refractivity contribution is 5.88. The van der Waals surface area contributed by atoms with Gasteiger partial charge in [0.25, 0.3) is 0 Å². The highest BCUT2D eigenvalue weighted by Gasteiger charge is 2.20. The maximum atomic E-state index is 14.3. The highest BCUT2D eigenvalue weighted by Crippen LogP contribution is 2.23. The minimum atomic E-state index is -0.369. The van der Waals surface area contributed by atoms with Crippen molar-refractivity contribution in [1.82, 2.24) is 14.9 Å². The van der Waals surface area contributed by atoms with E-state index in [2.05, 4.69) is 15.6 Å². The molecule has 2 aromatic carbocycles. The van der Waals surface area contributed by atoms with Gasteiger partial charge in [0.2, 0.25) is 5.91 Å². The number of rotatable bonds is 6. The molecule has 2 N–H and O–H groups in total. The number of anilines is 1. The van der Waals surface area contributed by atoms with E-state index in [1.807, 2.05) is 48.1 Å². The molecule has 0 fully saturated rings. The van der Waals surface area contributed by atoms with Crippen molar-refractivity contribution in [3.63, 3.8) is 0 Å². The largest absolute Gasteiger partial charge is 0.336 e. The summed E-state index contributed by atoms with van der Waals surface area (Å²) in [5, 5.41) is 6.12. The van der Waals surface area contributed by atoms with Crippen LogP contribution in [-0.4, -0.2) is 15.5 Å². The van der Waals surface area contributed by atoms with E-state index in [9.17, 15) is 9.18 Å². The van der Waals surface area contributed by atoms with E-state index >= 15 is 0 Å². The molecule has 26 heavy (non-hydrogen) atoms. The number of benzene rings is 2. The van der Waals surface area contributed by atoms with Crippen LogP contribution < -0.4 is 10.6 Å². The molecule has 0 aliphatic rings. The van der Waals surface area contributed by atoms with Gasteiger partial charge in [0.15, 0.2) is 0 Å². The average Bonchev–Trinajstić information content (AvgIpc) is 3.03. The van der Waals surface area contributed by atoms with Crippen LogP contribution in [0.25, 0.3) is 0 Å². The van der Waals surface area contributed by atoms with Gasteiger partial charge in [-0.3, -0.25) is 10.1 Å². The number of hydrogen-bond acceptors (Lipinski definition) is 3. The van der Waals surface area contributed by atoms with E-state index in [4.69, 9.17) is 0 Å². The van der Waals surface area contributed by atoms with Crippen molar-refractivity contribution in [2.45, 2.75) is 19.5 Å². The predicted octanol–water partition coefficient (Wildman–Crippen LogP) is 3.40. The summed E-state index contributed by atoms with van der Waals surface area (Å²) in [4.78, 5) is 15.5. The summed E-state index contributed by atoms with van der Waals surface area (Å²) in [5.74, 6) is 0.365. The number of carbonyl (C=O) groups is 1. The summed E-state index contributed by atoms with van der Waals surface area (Å²) in [5.41, 5.74) is 2.32. The van der Waals surface area contributed by atoms with Gasteiger partial charge in [-0.25, -0.2) is 9.37 Å². The fraction of sp³-hybridized carbons (Fsp3) is 0.200. The van der Waals surface area contributed by atoms with Gasteiger partial charge in [-0.1, -0.05) is 30.3 Å². The van der Waals surface area contributed by atoms with Crippen LogP contribution in [0.4, 0.5) is 10.1 Å². The van der Waals surface area contributed by atoms with Gasteiger partial charge in [0.1, 0.15) is 11.6 Å². The van der Waals surface area contributed by atoms with Gasteiger partial charge in [-0.15, -0.1) is 0 Å². The number of hydrogen-bond donors (Lipinski definition) is 2. The second-order valence-electron chi connectivity index (χ2n) is 6.11. The SMILES string of the molecule is CC(=O)Nc1ccc(CN[C@H](c2ccccc2F)c2nccn2C)cc1. The molecule has 1 heterocycles. The molecular weight excluding hydrogens is 331 g/mol. The van der Waals surface area contributed by atoms with E-state index in [1.54, 1.807) is 18.3 Å². The second kappa shape index (κ2) is 7.93. The summed E-state index contributed by atoms with van der Waals surface area (Å²) in [6.07, 6.45) is 3.54. The topological polar surface area (TPSA) is 59.0 Å². The van der Waals surface area contributed by atoms with Crippen LogP contribution in [0.3, 0.4) is 0 Å². The summed E-state index contributed by atoms with van der Waals surface area (Å²) in [7, 11) is 1.89. The first kappa shape index (κ1) is 17.8. The summed E-state index contributed by atoms with van der Waals surface area (Å²) in [6.45, 7) is 2.01. The molecule has 3 rings (SSSR count). The number of aromatic nitrogens is 2. The van der Waals surface area contributed by atoms with Crippen molar-refractivity contribution in [1.29, 1.82) is 0 Å². The first-order valence-electron chi connectivity index (χ1n) is 8.36. The summed E-state index contributed by atoms with van der Waals surface area (Å²) < 4.78 is 16.2. The lowest BCUT2D eigenvalue weighted by Gasteiger charge is -2.20. The Morgan fingerprint density at radius 3 is 2.54 bits per heavy atom. The highest BCUT2D eigenvalue weighted by atomic mass is 19.1. The Balaban J connectivity index is 1.80. The number of aryl methyl sites for hydroxylation is 1. The Bertz CT molecular complexity index is 889. The molecule has 0 saturated heterocycles. The minimum absolute atomic E-state index is 0.106. The number of nitrogens with one attached hydrogen (secondary N) is 2. The van der Waals surface area contributed by atoms with Crippen molar-refractivity contribution in [3.8, 4) is 0 Å². The van der Waals surface area contributed by atoms with E-state index in [1.165, 1.54) is 13.0 Å². The fourth-order valence-corrected chi connectivity index (χ4v) is 2.83. The van der Waals surface area contributed by atoms with Gasteiger partial charge in [0, 0.05) is 44.2 Å². The molecule has 134 valence electrons. The lowest BCUT2D eigenvalue weighted by Crippen LogP contribution is -2.25. The fourth-order valence-electron chi connectivity index (χ4n) is 2.83. The Morgan fingerprint density at radius 2 is 1.92 bits per heavy atom. The van der Waals surface area contributed by atoms with Gasteiger partial charge in [-0.05, 0) is 23.8 Å². The molecule has 5 nitrogen and oxygen atoms in total. The maximum Gasteiger partial charge on any atom is 0.221 e. The number of imidazole rings is 1. The lowest BCUT2D eigenvalue weighted by molar-refractivity contribution is -0.114. The molecule has 0 unspecified atom stereocenters. The minimum Gasteiger partial charge on any atom is -0.336 e. The first-order chi connectivity index (χ1) is 12.5. The molecule has 1 atom stereocenters. The molecule has 6 heteroatoms. The molecule has 0 aliphatic heterocycles. The third-order valence-corrected chi connectivity index (χ3v) is 4.12. The lowest BCUT2D eigenvalue weighted by atomic mass is 10.0. The Labute approximate surface area is 151 Å². The normalized spacial score (nSPS) is 12.0. The zero-order chi connectivity index (χ0) is 18.5. The monoisotopic (exact) mass is 352 g/mol. The second-order valence-corrected chi connectivity index (χ2v) is 6.11. The van der Waals surface area contributed by atoms with E-state index in [0.29, 0.717) is 12.1 Å². The van der Waals surface area contributed by atoms with Crippen LogP contribution in [0.5, 0.6) is 0 Å². The molecule has 0 radical (unpaired) electrons. The van der Waals surface area contributed by atoms with Crippen molar-refractivity contribution in [2.75, 3.05) is 5.32 Å². The van der Waals surface area contributed by atoms with Gasteiger partial charge in [-0.2, -0.15) is 0 Å². The van der Waals surface area contributed by atoms with Crippen LogP contribution in [0.2, 0.25) is 0 Å². The van der Waals surface area contributed by atoms with Gasteiger partial charge < -0.3 is 9.88 Å². The first-order valence-corrected chi connectivity index (χ1v) is 8.36. The van der Waals surface area contributed by atoms with Crippen LogP contribution in [0.1, 0.15) is 29.9 Å². The van der Waals surface area contributed by atoms with Crippen LogP contribution in [-0.2, 0) is 18.4 Å². The zero-order valence-corrected chi connectivity index (χ0v) is 14.7. The average molecular weight is 352 g/mol. The van der Waals surface area contributed by atoms with E-state index < -0.39 is 0 Å². The van der Waals surface area contributed by atoms with E-state index in [-0.39, 0.29) is 17.8 Å². The molecular formula is C20H21FN4O. The Morgan fingerprint density at radius 1 is 1.19 bits per heavy atom. The molecule has 0 spiro atoms. The van der Waals surface area contributed by atoms with E-state index in [0.717, 1.165) is 17.1 Å². The summed E-state index contributed by atoms with van der Waals surface area (Å²) >= 11 is 0. The molecule has 0 aliphatic carbocycles. The quantitative estimate of drug-likeness (QED) is 0.715. The van der Waals surface area contributed by atoms with Crippen molar-refractivity contribution >= 4 is 11.6 Å². The Hall–Kier alpha value is -2.99. The Kier molecular flexibility index (Phi) is 5.43. The van der Waals surface area contributed by atoms with Crippen LogP contribution in [0, 0.1) is 5.82 Å². The molecule has 3 aromatic rings. The number of carbonyl (C=O) groups excluding carboxylic acids is 1. The third-order valence-electron chi connectivity index (χ3n) is 4.12. The molecule has 1 aromatic heterocycles. The summed E-state index contributed by atoms with van der Waals surface area (Å²) in [6, 6.07) is 13.9. The van der Waals surface area contributed by atoms with Gasteiger partial charge in [0.05, 0.1) is 6.04 Å². The zero-order valence-electron chi connectivity index (χ0n) is 14.7. The van der Waals surface area contributed by atoms with Crippen molar-refractivity contribution in [3.05, 3.63) is 83.7 Å². The number of halogens is 1. The molecule has 1 amide bonds. The van der Waals surface area contributed by atoms with Gasteiger partial charge >= 0.3 is 0 Å². The van der Waals surface area contributed by atoms with Crippen LogP contribution in [0.15, 0.2) is 60.9 Å². The maximum absolute atomic E-state index is 14.3. The van der Waals surface area contributed by atoms with Crippen LogP contribution >= 0.6 is 0 Å². The molecule has 0 saturated carbocycles. The number of nitrogens with zero attached hydrogens (tertiary/aromatic N) is 2.